The normalized spacial score (nSPS) is 16.3. The molecule has 6 heteroatoms. The van der Waals surface area contributed by atoms with Crippen LogP contribution in [0.15, 0.2) is 130 Å². The van der Waals surface area contributed by atoms with E-state index >= 15 is 0 Å². The van der Waals surface area contributed by atoms with E-state index in [0.29, 0.717) is 0 Å². The molecule has 0 saturated carbocycles. The summed E-state index contributed by atoms with van der Waals surface area (Å²) in [6.45, 7) is 11.9. The van der Waals surface area contributed by atoms with Gasteiger partial charge in [0.15, 0.2) is 0 Å². The highest BCUT2D eigenvalue weighted by molar-refractivity contribution is 7.26. The van der Waals surface area contributed by atoms with E-state index in [2.05, 4.69) is 165 Å². The zero-order chi connectivity index (χ0) is 39.3. The number of aryl methyl sites for hydroxylation is 1. The number of hydrogen-bond acceptors (Lipinski definition) is 4. The molecule has 4 aromatic heterocycles. The molecule has 1 aliphatic carbocycles. The number of aromatic nitrogens is 1. The summed E-state index contributed by atoms with van der Waals surface area (Å²) in [4.78, 5) is 3.93. The quantitative estimate of drug-likeness (QED) is 0.156. The number of anilines is 3. The van der Waals surface area contributed by atoms with Crippen LogP contribution in [-0.2, 0) is 10.8 Å². The Bertz CT molecular complexity index is 3720. The summed E-state index contributed by atoms with van der Waals surface area (Å²) in [7, 11) is 0. The molecule has 0 saturated heterocycles. The largest absolute Gasteiger partial charge is 0.456 e. The number of nitrogens with zero attached hydrogens (tertiary/aromatic N) is 2. The van der Waals surface area contributed by atoms with Gasteiger partial charge >= 0.3 is 6.85 Å². The molecule has 59 heavy (non-hydrogen) atoms. The summed E-state index contributed by atoms with van der Waals surface area (Å²) >= 11 is 1.91. The zero-order valence-electron chi connectivity index (χ0n) is 33.7. The number of fused-ring (bicyclic) bond motifs is 17. The number of rotatable bonds is 1. The third-order valence-corrected chi connectivity index (χ3v) is 15.7. The molecule has 0 amide bonds. The van der Waals surface area contributed by atoms with Crippen molar-refractivity contribution in [3.05, 3.63) is 138 Å². The van der Waals surface area contributed by atoms with Gasteiger partial charge in [0, 0.05) is 76.1 Å². The van der Waals surface area contributed by atoms with Gasteiger partial charge in [-0.1, -0.05) is 107 Å². The summed E-state index contributed by atoms with van der Waals surface area (Å²) < 4.78 is 17.8. The molecule has 0 radical (unpaired) electrons. The minimum Gasteiger partial charge on any atom is -0.456 e. The van der Waals surface area contributed by atoms with Crippen LogP contribution in [0.1, 0.15) is 57.2 Å². The Labute approximate surface area is 345 Å². The van der Waals surface area contributed by atoms with E-state index < -0.39 is 0 Å². The molecule has 11 aromatic rings. The molecule has 0 fully saturated rings. The van der Waals surface area contributed by atoms with Crippen LogP contribution in [0.5, 0.6) is 0 Å². The van der Waals surface area contributed by atoms with Crippen molar-refractivity contribution in [2.75, 3.05) is 4.90 Å². The summed E-state index contributed by atoms with van der Waals surface area (Å²) in [6, 6.07) is 45.3. The molecule has 0 bridgehead atoms. The Morgan fingerprint density at radius 3 is 2.05 bits per heavy atom. The number of benzene rings is 7. The minimum absolute atomic E-state index is 0.0474. The van der Waals surface area contributed by atoms with E-state index in [4.69, 9.17) is 8.83 Å². The second kappa shape index (κ2) is 10.7. The van der Waals surface area contributed by atoms with Gasteiger partial charge in [0.2, 0.25) is 0 Å². The molecule has 3 aliphatic rings. The molecule has 0 atom stereocenters. The molecular weight excluding hydrogens is 739 g/mol. The summed E-state index contributed by atoms with van der Waals surface area (Å²) in [5.74, 6) is 0. The highest BCUT2D eigenvalue weighted by atomic mass is 32.1. The first kappa shape index (κ1) is 32.7. The van der Waals surface area contributed by atoms with Gasteiger partial charge in [0.05, 0.1) is 4.83 Å². The molecule has 4 nitrogen and oxygen atoms in total. The topological polar surface area (TPSA) is 34.5 Å². The third-order valence-electron chi connectivity index (χ3n) is 14.5. The average Bonchev–Trinajstić information content (AvgIpc) is 3.99. The first-order valence-corrected chi connectivity index (χ1v) is 21.8. The van der Waals surface area contributed by atoms with Crippen LogP contribution in [0.3, 0.4) is 0 Å². The number of thiophene rings is 1. The highest BCUT2D eigenvalue weighted by Gasteiger charge is 2.46. The second-order valence-corrected chi connectivity index (χ2v) is 19.7. The van der Waals surface area contributed by atoms with Gasteiger partial charge in [-0.05, 0) is 101 Å². The van der Waals surface area contributed by atoms with Gasteiger partial charge in [-0.3, -0.25) is 0 Å². The predicted molar refractivity (Wildman–Crippen MR) is 250 cm³/mol. The molecule has 0 N–H and O–H groups in total. The Hall–Kier alpha value is -6.24. The van der Waals surface area contributed by atoms with Crippen LogP contribution < -0.4 is 15.8 Å². The van der Waals surface area contributed by atoms with Gasteiger partial charge in [0.25, 0.3) is 0 Å². The predicted octanol–water partition coefficient (Wildman–Crippen LogP) is 13.9. The molecular formula is C53H39BN2O2S. The second-order valence-electron chi connectivity index (χ2n) is 18.7. The standard InChI is InChI=1S/C53H39BN2O2S/c1-28-23-36-37(53(4,5)22-21-52(36,2)3)26-39(28)55-40-24-34-29-13-6-9-18-42(29)57-44(34)27-38(40)54-48-41(55)25-35-30-14-7-10-19-43(30)58-50(35)47(48)33-17-12-16-32-46-31-15-8-11-20-45(31)59-51(46)56(54)49(32)33/h6-20,23-27H,21-22H2,1-5H3. The lowest BCUT2D eigenvalue weighted by Gasteiger charge is -2.44. The van der Waals surface area contributed by atoms with E-state index in [0.717, 1.165) is 50.3 Å². The van der Waals surface area contributed by atoms with E-state index in [-0.39, 0.29) is 17.7 Å². The lowest BCUT2D eigenvalue weighted by molar-refractivity contribution is 0.332. The molecule has 6 heterocycles. The van der Waals surface area contributed by atoms with Crippen molar-refractivity contribution in [3.8, 4) is 11.1 Å². The molecule has 0 spiro atoms. The van der Waals surface area contributed by atoms with E-state index in [1.54, 1.807) is 0 Å². The summed E-state index contributed by atoms with van der Waals surface area (Å²) in [5.41, 5.74) is 18.0. The maximum atomic E-state index is 7.04. The Kier molecular flexibility index (Phi) is 5.92. The van der Waals surface area contributed by atoms with Crippen molar-refractivity contribution in [2.24, 2.45) is 0 Å². The summed E-state index contributed by atoms with van der Waals surface area (Å²) in [6.07, 6.45) is 2.34. The minimum atomic E-state index is -0.127. The van der Waals surface area contributed by atoms with Crippen LogP contribution in [0, 0.1) is 6.92 Å². The lowest BCUT2D eigenvalue weighted by atomic mass is 9.45. The summed E-state index contributed by atoms with van der Waals surface area (Å²) in [5, 5.41) is 8.52. The molecule has 7 aromatic carbocycles. The van der Waals surface area contributed by atoms with E-state index in [1.807, 2.05) is 11.3 Å². The van der Waals surface area contributed by atoms with Gasteiger partial charge in [-0.25, -0.2) is 0 Å². The smallest absolute Gasteiger partial charge is 0.334 e. The first-order valence-electron chi connectivity index (χ1n) is 21.0. The maximum absolute atomic E-state index is 7.04. The Morgan fingerprint density at radius 1 is 0.593 bits per heavy atom. The van der Waals surface area contributed by atoms with Gasteiger partial charge in [0.1, 0.15) is 22.3 Å². The molecule has 14 rings (SSSR count). The first-order chi connectivity index (χ1) is 28.7. The van der Waals surface area contributed by atoms with Gasteiger partial charge < -0.3 is 18.2 Å². The van der Waals surface area contributed by atoms with Crippen molar-refractivity contribution in [1.29, 1.82) is 0 Å². The maximum Gasteiger partial charge on any atom is 0.334 e. The van der Waals surface area contributed by atoms with Crippen molar-refractivity contribution in [1.82, 2.24) is 4.48 Å². The highest BCUT2D eigenvalue weighted by Crippen LogP contribution is 2.54. The fourth-order valence-electron chi connectivity index (χ4n) is 11.6. The SMILES string of the molecule is Cc1cc2c(cc1N1c3cc4c(cc3B3c5c1cc1c(oc6ccccc61)c5-c1cccc5c6c7ccccc7sc6n3c15)oc1ccccc14)C(C)(C)CCC2(C)C. The van der Waals surface area contributed by atoms with Crippen molar-refractivity contribution >= 4 is 121 Å². The number of para-hydroxylation sites is 3. The van der Waals surface area contributed by atoms with E-state index in [9.17, 15) is 0 Å². The third kappa shape index (κ3) is 3.97. The van der Waals surface area contributed by atoms with Gasteiger partial charge in [-0.15, -0.1) is 11.3 Å². The Balaban J connectivity index is 1.21. The van der Waals surface area contributed by atoms with Crippen LogP contribution in [0.25, 0.3) is 86.2 Å². The zero-order valence-corrected chi connectivity index (χ0v) is 34.5. The number of hydrogen-bond donors (Lipinski definition) is 0. The van der Waals surface area contributed by atoms with Crippen LogP contribution in [0.4, 0.5) is 17.1 Å². The van der Waals surface area contributed by atoms with Gasteiger partial charge in [-0.2, -0.15) is 0 Å². The van der Waals surface area contributed by atoms with Crippen LogP contribution in [0.2, 0.25) is 0 Å². The lowest BCUT2D eigenvalue weighted by Crippen LogP contribution is -2.56. The fraction of sp³-hybridized carbons (Fsp3) is 0.170. The van der Waals surface area contributed by atoms with Crippen molar-refractivity contribution in [2.45, 2.75) is 58.3 Å². The molecule has 282 valence electrons. The van der Waals surface area contributed by atoms with Crippen molar-refractivity contribution < 1.29 is 8.83 Å². The molecule has 2 aliphatic heterocycles. The van der Waals surface area contributed by atoms with Crippen molar-refractivity contribution in [3.63, 3.8) is 0 Å². The van der Waals surface area contributed by atoms with E-state index in [1.165, 1.54) is 93.4 Å². The Morgan fingerprint density at radius 2 is 1.25 bits per heavy atom. The van der Waals surface area contributed by atoms with Crippen LogP contribution in [-0.4, -0.2) is 11.3 Å². The van der Waals surface area contributed by atoms with Crippen LogP contribution >= 0.6 is 11.3 Å². The average molecular weight is 779 g/mol. The fourth-order valence-corrected chi connectivity index (χ4v) is 12.8. The monoisotopic (exact) mass is 778 g/mol. The number of furan rings is 2. The molecule has 0 unspecified atom stereocenters.